The van der Waals surface area contributed by atoms with Gasteiger partial charge in [0.1, 0.15) is 0 Å². The molecule has 1 nitrogen and oxygen atoms in total. The Hall–Kier alpha value is -2.12. The third-order valence-electron chi connectivity index (χ3n) is 3.66. The topological polar surface area (TPSA) is 12.9 Å². The Morgan fingerprint density at radius 2 is 1.64 bits per heavy atom. The van der Waals surface area contributed by atoms with Gasteiger partial charge in [0.05, 0.1) is 5.69 Å². The average Bonchev–Trinajstić information content (AvgIpc) is 2.49. The number of hydrogen-bond donors (Lipinski definition) is 0. The van der Waals surface area contributed by atoms with E-state index in [0.717, 1.165) is 28.4 Å². The smallest absolute Gasteiger partial charge is 0.0708 e. The Morgan fingerprint density at radius 3 is 2.36 bits per heavy atom. The number of pyridine rings is 1. The molecule has 110 valence electrons. The van der Waals surface area contributed by atoms with Gasteiger partial charge in [-0.05, 0) is 55.7 Å². The van der Waals surface area contributed by atoms with E-state index in [1.165, 1.54) is 16.7 Å². The second-order valence-electron chi connectivity index (χ2n) is 5.67. The number of nitrogens with zero attached hydrogens (tertiary/aromatic N) is 1. The van der Waals surface area contributed by atoms with Gasteiger partial charge in [0.25, 0.3) is 0 Å². The molecule has 0 bridgehead atoms. The van der Waals surface area contributed by atoms with Crippen LogP contribution in [0.15, 0.2) is 60.7 Å². The second kappa shape index (κ2) is 6.33. The fourth-order valence-corrected chi connectivity index (χ4v) is 2.77. The molecule has 0 N–H and O–H groups in total. The molecule has 2 aromatic carbocycles. The standard InChI is InChI=1S/C20H18ClN/c1-14-6-8-16(9-7-14)11-17-10-15(2)22-20(12-17)18-4-3-5-19(21)13-18/h3-10,12-13H,11H2,1-2H3. The molecule has 0 radical (unpaired) electrons. The van der Waals surface area contributed by atoms with Gasteiger partial charge in [-0.25, -0.2) is 0 Å². The van der Waals surface area contributed by atoms with Gasteiger partial charge in [0.2, 0.25) is 0 Å². The quantitative estimate of drug-likeness (QED) is 0.613. The molecule has 0 saturated carbocycles. The first-order chi connectivity index (χ1) is 10.6. The number of aromatic nitrogens is 1. The van der Waals surface area contributed by atoms with Gasteiger partial charge in [0, 0.05) is 16.3 Å². The molecular weight excluding hydrogens is 290 g/mol. The lowest BCUT2D eigenvalue weighted by molar-refractivity contribution is 1.12. The van der Waals surface area contributed by atoms with E-state index >= 15 is 0 Å². The number of halogens is 1. The Bertz CT molecular complexity index is 791. The average molecular weight is 308 g/mol. The van der Waals surface area contributed by atoms with Crippen molar-refractivity contribution in [1.82, 2.24) is 4.98 Å². The van der Waals surface area contributed by atoms with E-state index in [1.54, 1.807) is 0 Å². The van der Waals surface area contributed by atoms with E-state index < -0.39 is 0 Å². The molecule has 0 aliphatic rings. The molecule has 0 unspecified atom stereocenters. The van der Waals surface area contributed by atoms with E-state index in [0.29, 0.717) is 0 Å². The van der Waals surface area contributed by atoms with E-state index in [1.807, 2.05) is 31.2 Å². The molecule has 0 aliphatic heterocycles. The highest BCUT2D eigenvalue weighted by molar-refractivity contribution is 6.30. The van der Waals surface area contributed by atoms with Crippen LogP contribution in [0.3, 0.4) is 0 Å². The zero-order valence-corrected chi connectivity index (χ0v) is 13.6. The Balaban J connectivity index is 1.94. The van der Waals surface area contributed by atoms with Gasteiger partial charge in [-0.15, -0.1) is 0 Å². The van der Waals surface area contributed by atoms with Crippen LogP contribution < -0.4 is 0 Å². The van der Waals surface area contributed by atoms with Crippen LogP contribution in [0.5, 0.6) is 0 Å². The molecular formula is C20H18ClN. The third kappa shape index (κ3) is 3.55. The van der Waals surface area contributed by atoms with Gasteiger partial charge < -0.3 is 0 Å². The van der Waals surface area contributed by atoms with Crippen molar-refractivity contribution in [3.05, 3.63) is 88.1 Å². The number of hydrogen-bond acceptors (Lipinski definition) is 1. The summed E-state index contributed by atoms with van der Waals surface area (Å²) in [7, 11) is 0. The third-order valence-corrected chi connectivity index (χ3v) is 3.90. The second-order valence-corrected chi connectivity index (χ2v) is 6.11. The zero-order chi connectivity index (χ0) is 15.5. The molecule has 0 atom stereocenters. The molecule has 0 aliphatic carbocycles. The van der Waals surface area contributed by atoms with Crippen LogP contribution in [0.25, 0.3) is 11.3 Å². The fraction of sp³-hybridized carbons (Fsp3) is 0.150. The molecule has 0 spiro atoms. The number of benzene rings is 2. The first-order valence-corrected chi connectivity index (χ1v) is 7.77. The van der Waals surface area contributed by atoms with Crippen LogP contribution in [-0.2, 0) is 6.42 Å². The van der Waals surface area contributed by atoms with E-state index in [4.69, 9.17) is 11.6 Å². The van der Waals surface area contributed by atoms with Gasteiger partial charge in [-0.2, -0.15) is 0 Å². The van der Waals surface area contributed by atoms with Crippen molar-refractivity contribution in [2.24, 2.45) is 0 Å². The van der Waals surface area contributed by atoms with Gasteiger partial charge in [-0.3, -0.25) is 4.98 Å². The molecule has 1 aromatic heterocycles. The van der Waals surface area contributed by atoms with Crippen molar-refractivity contribution in [3.8, 4) is 11.3 Å². The fourth-order valence-electron chi connectivity index (χ4n) is 2.58. The van der Waals surface area contributed by atoms with Gasteiger partial charge >= 0.3 is 0 Å². The van der Waals surface area contributed by atoms with Crippen molar-refractivity contribution in [3.63, 3.8) is 0 Å². The number of rotatable bonds is 3. The summed E-state index contributed by atoms with van der Waals surface area (Å²) in [5.41, 5.74) is 6.93. The van der Waals surface area contributed by atoms with Crippen LogP contribution in [-0.4, -0.2) is 4.98 Å². The molecule has 3 aromatic rings. The highest BCUT2D eigenvalue weighted by Gasteiger charge is 2.05. The summed E-state index contributed by atoms with van der Waals surface area (Å²) < 4.78 is 0. The van der Waals surface area contributed by atoms with Crippen LogP contribution in [0, 0.1) is 13.8 Å². The van der Waals surface area contributed by atoms with Gasteiger partial charge in [-0.1, -0.05) is 53.6 Å². The normalized spacial score (nSPS) is 10.7. The summed E-state index contributed by atoms with van der Waals surface area (Å²) >= 11 is 6.09. The largest absolute Gasteiger partial charge is 0.253 e. The maximum atomic E-state index is 6.09. The van der Waals surface area contributed by atoms with E-state index in [9.17, 15) is 0 Å². The summed E-state index contributed by atoms with van der Waals surface area (Å²) in [6, 6.07) is 20.8. The summed E-state index contributed by atoms with van der Waals surface area (Å²) in [5, 5.41) is 0.737. The minimum atomic E-state index is 0.737. The summed E-state index contributed by atoms with van der Waals surface area (Å²) in [5.74, 6) is 0. The van der Waals surface area contributed by atoms with Crippen LogP contribution in [0.1, 0.15) is 22.4 Å². The molecule has 2 heteroatoms. The lowest BCUT2D eigenvalue weighted by Gasteiger charge is -2.08. The van der Waals surface area contributed by atoms with Crippen LogP contribution >= 0.6 is 11.6 Å². The van der Waals surface area contributed by atoms with Crippen molar-refractivity contribution in [1.29, 1.82) is 0 Å². The predicted octanol–water partition coefficient (Wildman–Crippen LogP) is 5.61. The minimum Gasteiger partial charge on any atom is -0.253 e. The summed E-state index contributed by atoms with van der Waals surface area (Å²) in [6.07, 6.45) is 0.914. The van der Waals surface area contributed by atoms with Crippen LogP contribution in [0.4, 0.5) is 0 Å². The van der Waals surface area contributed by atoms with Crippen LogP contribution in [0.2, 0.25) is 5.02 Å². The molecule has 0 saturated heterocycles. The Morgan fingerprint density at radius 1 is 0.864 bits per heavy atom. The lowest BCUT2D eigenvalue weighted by Crippen LogP contribution is -1.94. The summed E-state index contributed by atoms with van der Waals surface area (Å²) in [6.45, 7) is 4.14. The number of aryl methyl sites for hydroxylation is 2. The first kappa shape index (κ1) is 14.8. The maximum absolute atomic E-state index is 6.09. The van der Waals surface area contributed by atoms with E-state index in [-0.39, 0.29) is 0 Å². The molecule has 1 heterocycles. The molecule has 0 fully saturated rings. The Labute approximate surface area is 136 Å². The maximum Gasteiger partial charge on any atom is 0.0708 e. The first-order valence-electron chi connectivity index (χ1n) is 7.39. The van der Waals surface area contributed by atoms with E-state index in [2.05, 4.69) is 48.3 Å². The minimum absolute atomic E-state index is 0.737. The summed E-state index contributed by atoms with van der Waals surface area (Å²) in [4.78, 5) is 4.64. The highest BCUT2D eigenvalue weighted by atomic mass is 35.5. The van der Waals surface area contributed by atoms with Crippen molar-refractivity contribution >= 4 is 11.6 Å². The molecule has 0 amide bonds. The SMILES string of the molecule is Cc1ccc(Cc2cc(C)nc(-c3cccc(Cl)c3)c2)cc1. The predicted molar refractivity (Wildman–Crippen MR) is 93.4 cm³/mol. The monoisotopic (exact) mass is 307 g/mol. The van der Waals surface area contributed by atoms with Crippen molar-refractivity contribution in [2.45, 2.75) is 20.3 Å². The lowest BCUT2D eigenvalue weighted by atomic mass is 10.0. The zero-order valence-electron chi connectivity index (χ0n) is 12.8. The van der Waals surface area contributed by atoms with Crippen molar-refractivity contribution < 1.29 is 0 Å². The molecule has 22 heavy (non-hydrogen) atoms. The van der Waals surface area contributed by atoms with Crippen molar-refractivity contribution in [2.75, 3.05) is 0 Å². The Kier molecular flexibility index (Phi) is 4.26. The highest BCUT2D eigenvalue weighted by Crippen LogP contribution is 2.23. The van der Waals surface area contributed by atoms with Gasteiger partial charge in [0.15, 0.2) is 0 Å². The molecule has 3 rings (SSSR count).